The number of oxazole rings is 1. The van der Waals surface area contributed by atoms with Crippen LogP contribution in [0.5, 0.6) is 0 Å². The van der Waals surface area contributed by atoms with E-state index in [0.717, 1.165) is 35.7 Å². The van der Waals surface area contributed by atoms with Crippen LogP contribution in [0.1, 0.15) is 50.1 Å². The third-order valence-electron chi connectivity index (χ3n) is 3.64. The van der Waals surface area contributed by atoms with Gasteiger partial charge in [0.25, 0.3) is 0 Å². The van der Waals surface area contributed by atoms with E-state index in [2.05, 4.69) is 31.1 Å². The number of carbonyl (C=O) groups excluding carboxylic acids is 1. The molecule has 0 spiro atoms. The first-order valence-corrected chi connectivity index (χ1v) is 8.13. The van der Waals surface area contributed by atoms with Crippen LogP contribution < -0.4 is 5.32 Å². The molecule has 2 aromatic rings. The lowest BCUT2D eigenvalue weighted by molar-refractivity contribution is -0.120. The third kappa shape index (κ3) is 5.23. The summed E-state index contributed by atoms with van der Waals surface area (Å²) in [6, 6.07) is 9.77. The van der Waals surface area contributed by atoms with Crippen LogP contribution in [-0.2, 0) is 23.1 Å². The summed E-state index contributed by atoms with van der Waals surface area (Å²) in [4.78, 5) is 16.4. The van der Waals surface area contributed by atoms with E-state index in [9.17, 15) is 4.79 Å². The summed E-state index contributed by atoms with van der Waals surface area (Å²) in [5.41, 5.74) is 1.91. The Balaban J connectivity index is 1.75. The van der Waals surface area contributed by atoms with Gasteiger partial charge in [-0.3, -0.25) is 4.79 Å². The van der Waals surface area contributed by atoms with Gasteiger partial charge in [0, 0.05) is 18.4 Å². The molecule has 2 rings (SSSR count). The Morgan fingerprint density at radius 1 is 1.22 bits per heavy atom. The highest BCUT2D eigenvalue weighted by molar-refractivity contribution is 5.78. The van der Waals surface area contributed by atoms with Gasteiger partial charge in [0.15, 0.2) is 5.89 Å². The van der Waals surface area contributed by atoms with E-state index in [1.54, 1.807) is 0 Å². The summed E-state index contributed by atoms with van der Waals surface area (Å²) >= 11 is 0. The van der Waals surface area contributed by atoms with E-state index in [1.807, 2.05) is 37.3 Å². The fourth-order valence-electron chi connectivity index (χ4n) is 2.30. The number of amides is 1. The minimum Gasteiger partial charge on any atom is -0.445 e. The van der Waals surface area contributed by atoms with Gasteiger partial charge in [0.1, 0.15) is 5.76 Å². The van der Waals surface area contributed by atoms with Crippen molar-refractivity contribution in [3.05, 3.63) is 53.2 Å². The van der Waals surface area contributed by atoms with Crippen molar-refractivity contribution < 1.29 is 9.21 Å². The Hall–Kier alpha value is -2.10. The maximum Gasteiger partial charge on any atom is 0.224 e. The first-order valence-electron chi connectivity index (χ1n) is 8.13. The molecule has 0 radical (unpaired) electrons. The standard InChI is InChI=1S/C19H26N2O2/c1-14-16(23-18(21-14)19(2,3)4)11-8-12-20-17(22)13-15-9-6-5-7-10-15/h5-7,9-10H,8,11-13H2,1-4H3,(H,20,22). The monoisotopic (exact) mass is 314 g/mol. The molecule has 0 aliphatic carbocycles. The number of hydrogen-bond acceptors (Lipinski definition) is 3. The highest BCUT2D eigenvalue weighted by Crippen LogP contribution is 2.24. The zero-order chi connectivity index (χ0) is 16.9. The molecule has 23 heavy (non-hydrogen) atoms. The third-order valence-corrected chi connectivity index (χ3v) is 3.64. The molecule has 0 atom stereocenters. The zero-order valence-corrected chi connectivity index (χ0v) is 14.5. The summed E-state index contributed by atoms with van der Waals surface area (Å²) in [6.45, 7) is 8.89. The highest BCUT2D eigenvalue weighted by Gasteiger charge is 2.21. The molecule has 0 saturated heterocycles. The summed E-state index contributed by atoms with van der Waals surface area (Å²) in [6.07, 6.45) is 2.07. The Morgan fingerprint density at radius 2 is 1.91 bits per heavy atom. The van der Waals surface area contributed by atoms with Crippen molar-refractivity contribution in [2.45, 2.75) is 52.4 Å². The van der Waals surface area contributed by atoms with Crippen LogP contribution in [0.15, 0.2) is 34.7 Å². The normalized spacial score (nSPS) is 11.5. The molecule has 0 fully saturated rings. The second-order valence-electron chi connectivity index (χ2n) is 6.89. The van der Waals surface area contributed by atoms with Gasteiger partial charge in [-0.15, -0.1) is 0 Å². The molecule has 0 aliphatic heterocycles. The average molecular weight is 314 g/mol. The van der Waals surface area contributed by atoms with E-state index in [1.165, 1.54) is 0 Å². The van der Waals surface area contributed by atoms with Crippen molar-refractivity contribution in [1.82, 2.24) is 10.3 Å². The molecular formula is C19H26N2O2. The first-order chi connectivity index (χ1) is 10.9. The predicted octanol–water partition coefficient (Wildman–Crippen LogP) is 3.57. The maximum atomic E-state index is 11.9. The van der Waals surface area contributed by atoms with Crippen molar-refractivity contribution in [2.24, 2.45) is 0 Å². The minimum absolute atomic E-state index is 0.0564. The zero-order valence-electron chi connectivity index (χ0n) is 14.5. The first kappa shape index (κ1) is 17.3. The number of aromatic nitrogens is 1. The van der Waals surface area contributed by atoms with Crippen LogP contribution in [0, 0.1) is 6.92 Å². The second kappa shape index (κ2) is 7.44. The van der Waals surface area contributed by atoms with Crippen LogP contribution in [0.4, 0.5) is 0 Å². The van der Waals surface area contributed by atoms with Gasteiger partial charge >= 0.3 is 0 Å². The fraction of sp³-hybridized carbons (Fsp3) is 0.474. The van der Waals surface area contributed by atoms with Crippen molar-refractivity contribution in [3.8, 4) is 0 Å². The molecular weight excluding hydrogens is 288 g/mol. The van der Waals surface area contributed by atoms with E-state index < -0.39 is 0 Å². The van der Waals surface area contributed by atoms with Crippen molar-refractivity contribution in [1.29, 1.82) is 0 Å². The average Bonchev–Trinajstić information content (AvgIpc) is 2.86. The van der Waals surface area contributed by atoms with Gasteiger partial charge in [-0.05, 0) is 18.9 Å². The van der Waals surface area contributed by atoms with Crippen LogP contribution in [0.2, 0.25) is 0 Å². The van der Waals surface area contributed by atoms with Gasteiger partial charge < -0.3 is 9.73 Å². The maximum absolute atomic E-state index is 11.9. The molecule has 0 saturated carbocycles. The van der Waals surface area contributed by atoms with E-state index in [4.69, 9.17) is 4.42 Å². The number of nitrogens with zero attached hydrogens (tertiary/aromatic N) is 1. The molecule has 1 aromatic carbocycles. The SMILES string of the molecule is Cc1nc(C(C)(C)C)oc1CCCNC(=O)Cc1ccccc1. The van der Waals surface area contributed by atoms with E-state index in [-0.39, 0.29) is 11.3 Å². The second-order valence-corrected chi connectivity index (χ2v) is 6.89. The van der Waals surface area contributed by atoms with Crippen molar-refractivity contribution in [2.75, 3.05) is 6.54 Å². The summed E-state index contributed by atoms with van der Waals surface area (Å²) in [5, 5.41) is 2.96. The van der Waals surface area contributed by atoms with E-state index >= 15 is 0 Å². The number of hydrogen-bond donors (Lipinski definition) is 1. The number of carbonyl (C=O) groups is 1. The molecule has 0 aliphatic rings. The minimum atomic E-state index is -0.0765. The predicted molar refractivity (Wildman–Crippen MR) is 91.4 cm³/mol. The molecule has 4 nitrogen and oxygen atoms in total. The number of aryl methyl sites for hydroxylation is 2. The van der Waals surface area contributed by atoms with Gasteiger partial charge in [0.05, 0.1) is 12.1 Å². The Kier molecular flexibility index (Phi) is 5.59. The Labute approximate surface area is 138 Å². The lowest BCUT2D eigenvalue weighted by Gasteiger charge is -2.12. The molecule has 4 heteroatoms. The topological polar surface area (TPSA) is 55.1 Å². The molecule has 1 heterocycles. The molecule has 1 amide bonds. The highest BCUT2D eigenvalue weighted by atomic mass is 16.4. The molecule has 0 bridgehead atoms. The van der Waals surface area contributed by atoms with Crippen LogP contribution in [0.3, 0.4) is 0 Å². The van der Waals surface area contributed by atoms with E-state index in [0.29, 0.717) is 13.0 Å². The number of rotatable bonds is 6. The van der Waals surface area contributed by atoms with Crippen molar-refractivity contribution >= 4 is 5.91 Å². The quantitative estimate of drug-likeness (QED) is 0.829. The van der Waals surface area contributed by atoms with Gasteiger partial charge in [-0.1, -0.05) is 51.1 Å². The lowest BCUT2D eigenvalue weighted by Crippen LogP contribution is -2.26. The van der Waals surface area contributed by atoms with Gasteiger partial charge in [-0.2, -0.15) is 0 Å². The Morgan fingerprint density at radius 3 is 2.52 bits per heavy atom. The summed E-state index contributed by atoms with van der Waals surface area (Å²) in [5.74, 6) is 1.76. The van der Waals surface area contributed by atoms with Gasteiger partial charge in [0.2, 0.25) is 5.91 Å². The summed E-state index contributed by atoms with van der Waals surface area (Å²) in [7, 11) is 0. The molecule has 1 N–H and O–H groups in total. The molecule has 0 unspecified atom stereocenters. The molecule has 124 valence electrons. The smallest absolute Gasteiger partial charge is 0.224 e. The largest absolute Gasteiger partial charge is 0.445 e. The Bertz CT molecular complexity index is 639. The van der Waals surface area contributed by atoms with Crippen LogP contribution in [-0.4, -0.2) is 17.4 Å². The number of benzene rings is 1. The van der Waals surface area contributed by atoms with Gasteiger partial charge in [-0.25, -0.2) is 4.98 Å². The molecule has 1 aromatic heterocycles. The fourth-order valence-corrected chi connectivity index (χ4v) is 2.30. The number of nitrogens with one attached hydrogen (secondary N) is 1. The lowest BCUT2D eigenvalue weighted by atomic mass is 9.97. The van der Waals surface area contributed by atoms with Crippen molar-refractivity contribution in [3.63, 3.8) is 0 Å². The van der Waals surface area contributed by atoms with Crippen LogP contribution >= 0.6 is 0 Å². The summed E-state index contributed by atoms with van der Waals surface area (Å²) < 4.78 is 5.86. The van der Waals surface area contributed by atoms with Crippen LogP contribution in [0.25, 0.3) is 0 Å².